The molecule has 22 heavy (non-hydrogen) atoms. The lowest BCUT2D eigenvalue weighted by Gasteiger charge is -2.24. The molecule has 1 N–H and O–H groups in total. The summed E-state index contributed by atoms with van der Waals surface area (Å²) in [5, 5.41) is 8.69. The van der Waals surface area contributed by atoms with Gasteiger partial charge in [-0.2, -0.15) is 0 Å². The number of likely N-dealkylation sites (tertiary alicyclic amines) is 1. The van der Waals surface area contributed by atoms with Gasteiger partial charge in [-0.1, -0.05) is 6.07 Å². The summed E-state index contributed by atoms with van der Waals surface area (Å²) in [7, 11) is 0. The number of fused-ring (bicyclic) bond motifs is 1. The summed E-state index contributed by atoms with van der Waals surface area (Å²) >= 11 is 0. The Morgan fingerprint density at radius 1 is 1.27 bits per heavy atom. The number of benzene rings is 1. The quantitative estimate of drug-likeness (QED) is 0.813. The number of hydrogen-bond donors (Lipinski definition) is 1. The summed E-state index contributed by atoms with van der Waals surface area (Å²) < 4.78 is 10.8. The minimum absolute atomic E-state index is 0. The summed E-state index contributed by atoms with van der Waals surface area (Å²) in [6.45, 7) is 2.36. The molecule has 1 aromatic carbocycles. The van der Waals surface area contributed by atoms with Crippen molar-refractivity contribution in [3.63, 3.8) is 0 Å². The molecule has 1 aromatic rings. The van der Waals surface area contributed by atoms with Crippen LogP contribution in [0.1, 0.15) is 43.7 Å². The van der Waals surface area contributed by atoms with Crippen LogP contribution in [0.2, 0.25) is 0 Å². The first-order valence-corrected chi connectivity index (χ1v) is 7.59. The Morgan fingerprint density at radius 2 is 2.09 bits per heavy atom. The van der Waals surface area contributed by atoms with Crippen LogP contribution in [0.4, 0.5) is 0 Å². The molecule has 1 saturated heterocycles. The van der Waals surface area contributed by atoms with Gasteiger partial charge in [0.15, 0.2) is 11.5 Å². The van der Waals surface area contributed by atoms with Gasteiger partial charge in [0.25, 0.3) is 0 Å². The average Bonchev–Trinajstić information content (AvgIpc) is 3.11. The third-order valence-corrected chi connectivity index (χ3v) is 4.23. The number of hydrogen-bond acceptors (Lipinski definition) is 4. The van der Waals surface area contributed by atoms with Gasteiger partial charge in [-0.05, 0) is 56.5 Å². The number of carboxylic acid groups (broad SMARTS) is 1. The highest BCUT2D eigenvalue weighted by Gasteiger charge is 2.27. The molecule has 0 amide bonds. The molecule has 0 aliphatic carbocycles. The van der Waals surface area contributed by atoms with Crippen molar-refractivity contribution in [1.29, 1.82) is 0 Å². The van der Waals surface area contributed by atoms with Crippen LogP contribution < -0.4 is 9.47 Å². The highest BCUT2D eigenvalue weighted by Crippen LogP contribution is 2.38. The van der Waals surface area contributed by atoms with Crippen molar-refractivity contribution in [2.24, 2.45) is 0 Å². The number of unbranched alkanes of at least 4 members (excludes halogenated alkanes) is 1. The fourth-order valence-corrected chi connectivity index (χ4v) is 3.18. The molecule has 6 heteroatoms. The van der Waals surface area contributed by atoms with Crippen molar-refractivity contribution in [2.45, 2.75) is 38.1 Å². The Balaban J connectivity index is 0.00000176. The lowest BCUT2D eigenvalue weighted by atomic mass is 10.0. The zero-order valence-electron chi connectivity index (χ0n) is 12.5. The van der Waals surface area contributed by atoms with E-state index in [2.05, 4.69) is 17.0 Å². The predicted molar refractivity (Wildman–Crippen MR) is 84.8 cm³/mol. The number of halogens is 1. The first-order chi connectivity index (χ1) is 10.2. The molecule has 1 atom stereocenters. The van der Waals surface area contributed by atoms with Gasteiger partial charge in [0, 0.05) is 12.5 Å². The van der Waals surface area contributed by atoms with Crippen LogP contribution in [0.5, 0.6) is 11.5 Å². The number of nitrogens with zero attached hydrogens (tertiary/aromatic N) is 1. The second kappa shape index (κ2) is 7.70. The summed E-state index contributed by atoms with van der Waals surface area (Å²) in [4.78, 5) is 13.0. The number of carboxylic acids is 1. The maximum atomic E-state index is 10.6. The van der Waals surface area contributed by atoms with Gasteiger partial charge in [-0.3, -0.25) is 9.69 Å². The number of rotatable bonds is 6. The monoisotopic (exact) mass is 327 g/mol. The first kappa shape index (κ1) is 16.9. The molecule has 5 nitrogen and oxygen atoms in total. The molecular formula is C16H22ClNO4. The van der Waals surface area contributed by atoms with Crippen LogP contribution in [0, 0.1) is 0 Å². The molecule has 0 bridgehead atoms. The van der Waals surface area contributed by atoms with E-state index in [4.69, 9.17) is 14.6 Å². The molecule has 2 aliphatic heterocycles. The van der Waals surface area contributed by atoms with Crippen LogP contribution >= 0.6 is 12.4 Å². The van der Waals surface area contributed by atoms with Crippen molar-refractivity contribution >= 4 is 18.4 Å². The SMILES string of the molecule is Cl.O=C(O)CCCCN1CCCC1c1ccc2c(c1)OCO2. The fourth-order valence-electron chi connectivity index (χ4n) is 3.18. The van der Waals surface area contributed by atoms with Crippen LogP contribution in [0.25, 0.3) is 0 Å². The Bertz CT molecular complexity index is 523. The molecule has 1 fully saturated rings. The minimum atomic E-state index is -0.705. The Hall–Kier alpha value is -1.46. The third kappa shape index (κ3) is 3.84. The highest BCUT2D eigenvalue weighted by atomic mass is 35.5. The van der Waals surface area contributed by atoms with Crippen molar-refractivity contribution in [3.05, 3.63) is 23.8 Å². The second-order valence-corrected chi connectivity index (χ2v) is 5.66. The zero-order valence-corrected chi connectivity index (χ0v) is 13.3. The van der Waals surface area contributed by atoms with Crippen molar-refractivity contribution in [1.82, 2.24) is 4.90 Å². The molecule has 122 valence electrons. The topological polar surface area (TPSA) is 59.0 Å². The molecular weight excluding hydrogens is 306 g/mol. The summed E-state index contributed by atoms with van der Waals surface area (Å²) in [5.74, 6) is 0.957. The van der Waals surface area contributed by atoms with E-state index in [0.717, 1.165) is 43.9 Å². The Labute approximate surface area is 136 Å². The van der Waals surface area contributed by atoms with E-state index in [1.165, 1.54) is 12.0 Å². The van der Waals surface area contributed by atoms with Gasteiger partial charge >= 0.3 is 5.97 Å². The van der Waals surface area contributed by atoms with E-state index in [1.807, 2.05) is 6.07 Å². The standard InChI is InChI=1S/C16H21NO4.ClH/c18-16(19)5-1-2-8-17-9-3-4-13(17)12-6-7-14-15(10-12)21-11-20-14;/h6-7,10,13H,1-5,8-9,11H2,(H,18,19);1H. The van der Waals surface area contributed by atoms with Gasteiger partial charge in [0.2, 0.25) is 6.79 Å². The van der Waals surface area contributed by atoms with Crippen LogP contribution in [-0.2, 0) is 4.79 Å². The van der Waals surface area contributed by atoms with E-state index in [9.17, 15) is 4.79 Å². The van der Waals surface area contributed by atoms with Gasteiger partial charge in [-0.15, -0.1) is 12.4 Å². The van der Waals surface area contributed by atoms with Crippen molar-refractivity contribution in [2.75, 3.05) is 19.9 Å². The van der Waals surface area contributed by atoms with Crippen LogP contribution in [0.15, 0.2) is 18.2 Å². The van der Waals surface area contributed by atoms with Crippen LogP contribution in [0.3, 0.4) is 0 Å². The van der Waals surface area contributed by atoms with Crippen molar-refractivity contribution < 1.29 is 19.4 Å². The fraction of sp³-hybridized carbons (Fsp3) is 0.562. The van der Waals surface area contributed by atoms with E-state index < -0.39 is 5.97 Å². The van der Waals surface area contributed by atoms with Gasteiger partial charge < -0.3 is 14.6 Å². The molecule has 0 radical (unpaired) electrons. The Kier molecular flexibility index (Phi) is 5.91. The maximum Gasteiger partial charge on any atom is 0.303 e. The summed E-state index contributed by atoms with van der Waals surface area (Å²) in [6, 6.07) is 6.61. The largest absolute Gasteiger partial charge is 0.481 e. The third-order valence-electron chi connectivity index (χ3n) is 4.23. The van der Waals surface area contributed by atoms with Crippen molar-refractivity contribution in [3.8, 4) is 11.5 Å². The lowest BCUT2D eigenvalue weighted by molar-refractivity contribution is -0.137. The molecule has 0 saturated carbocycles. The molecule has 0 spiro atoms. The highest BCUT2D eigenvalue weighted by molar-refractivity contribution is 5.85. The number of ether oxygens (including phenoxy) is 2. The number of carbonyl (C=O) groups is 1. The zero-order chi connectivity index (χ0) is 14.7. The molecule has 2 aliphatic rings. The lowest BCUT2D eigenvalue weighted by Crippen LogP contribution is -2.24. The van der Waals surface area contributed by atoms with E-state index in [-0.39, 0.29) is 18.8 Å². The Morgan fingerprint density at radius 3 is 2.91 bits per heavy atom. The second-order valence-electron chi connectivity index (χ2n) is 5.66. The summed E-state index contributed by atoms with van der Waals surface area (Å²) in [6.07, 6.45) is 4.30. The molecule has 3 rings (SSSR count). The van der Waals surface area contributed by atoms with Crippen LogP contribution in [-0.4, -0.2) is 35.9 Å². The van der Waals surface area contributed by atoms with E-state index in [1.54, 1.807) is 0 Å². The minimum Gasteiger partial charge on any atom is -0.481 e. The molecule has 1 unspecified atom stereocenters. The summed E-state index contributed by atoms with van der Waals surface area (Å²) in [5.41, 5.74) is 1.27. The van der Waals surface area contributed by atoms with E-state index in [0.29, 0.717) is 12.8 Å². The van der Waals surface area contributed by atoms with Gasteiger partial charge in [0.05, 0.1) is 0 Å². The molecule has 0 aromatic heterocycles. The smallest absolute Gasteiger partial charge is 0.303 e. The maximum absolute atomic E-state index is 10.6. The van der Waals surface area contributed by atoms with Gasteiger partial charge in [-0.25, -0.2) is 0 Å². The van der Waals surface area contributed by atoms with Gasteiger partial charge in [0.1, 0.15) is 0 Å². The predicted octanol–water partition coefficient (Wildman–Crippen LogP) is 3.23. The average molecular weight is 328 g/mol. The number of aliphatic carboxylic acids is 1. The van der Waals surface area contributed by atoms with E-state index >= 15 is 0 Å². The first-order valence-electron chi connectivity index (χ1n) is 7.59. The normalized spacial score (nSPS) is 19.9. The molecule has 2 heterocycles.